The van der Waals surface area contributed by atoms with Crippen LogP contribution in [-0.2, 0) is 12.8 Å². The zero-order valence-corrected chi connectivity index (χ0v) is 12.0. The van der Waals surface area contributed by atoms with Crippen LogP contribution in [0.1, 0.15) is 22.6 Å². The van der Waals surface area contributed by atoms with Crippen molar-refractivity contribution in [3.63, 3.8) is 0 Å². The second-order valence-corrected chi connectivity index (χ2v) is 5.09. The van der Waals surface area contributed by atoms with Crippen LogP contribution in [-0.4, -0.2) is 13.1 Å². The Kier molecular flexibility index (Phi) is 4.62. The fraction of sp³-hybridized carbons (Fsp3) is 0.294. The summed E-state index contributed by atoms with van der Waals surface area (Å²) < 4.78 is 0. The van der Waals surface area contributed by atoms with E-state index in [1.165, 1.54) is 16.7 Å². The van der Waals surface area contributed by atoms with Gasteiger partial charge in [0.15, 0.2) is 0 Å². The molecule has 1 aliphatic rings. The van der Waals surface area contributed by atoms with Crippen molar-refractivity contribution < 1.29 is 0 Å². The molecule has 3 rings (SSSR count). The van der Waals surface area contributed by atoms with Crippen molar-refractivity contribution in [3.05, 3.63) is 71.3 Å². The Bertz CT molecular complexity index is 524. The summed E-state index contributed by atoms with van der Waals surface area (Å²) in [6.07, 6.45) is 2.29. The molecule has 0 aliphatic heterocycles. The van der Waals surface area contributed by atoms with Crippen molar-refractivity contribution in [2.24, 2.45) is 0 Å². The standard InChI is InChI=1S/C17H19N.ClH/c1-18-17-12-14-9-5-6-10-15(14)16(17)11-13-7-3-2-4-8-13;/h2-10,16-18H,11-12H2,1H3;1H/t16-,17-;/m1./s1. The van der Waals surface area contributed by atoms with Gasteiger partial charge in [-0.15, -0.1) is 12.4 Å². The molecule has 0 radical (unpaired) electrons. The Morgan fingerprint density at radius 2 is 1.68 bits per heavy atom. The predicted molar refractivity (Wildman–Crippen MR) is 83.1 cm³/mol. The summed E-state index contributed by atoms with van der Waals surface area (Å²) in [6.45, 7) is 0. The maximum atomic E-state index is 3.48. The van der Waals surface area contributed by atoms with E-state index in [-0.39, 0.29) is 12.4 Å². The zero-order chi connectivity index (χ0) is 12.4. The molecule has 2 aromatic carbocycles. The van der Waals surface area contributed by atoms with E-state index >= 15 is 0 Å². The Hall–Kier alpha value is -1.31. The molecule has 2 atom stereocenters. The first kappa shape index (κ1) is 14.1. The number of halogens is 1. The third-order valence-electron chi connectivity index (χ3n) is 4.05. The molecule has 0 heterocycles. The van der Waals surface area contributed by atoms with Crippen LogP contribution >= 0.6 is 12.4 Å². The number of benzene rings is 2. The molecule has 1 nitrogen and oxygen atoms in total. The van der Waals surface area contributed by atoms with E-state index in [0.717, 1.165) is 12.8 Å². The summed E-state index contributed by atoms with van der Waals surface area (Å²) in [7, 11) is 2.08. The average Bonchev–Trinajstić information content (AvgIpc) is 2.78. The molecule has 0 bridgehead atoms. The largest absolute Gasteiger partial charge is 0.316 e. The summed E-state index contributed by atoms with van der Waals surface area (Å²) in [4.78, 5) is 0. The third-order valence-corrected chi connectivity index (χ3v) is 4.05. The van der Waals surface area contributed by atoms with Gasteiger partial charge in [0.1, 0.15) is 0 Å². The summed E-state index contributed by atoms with van der Waals surface area (Å²) >= 11 is 0. The first-order valence-corrected chi connectivity index (χ1v) is 6.67. The lowest BCUT2D eigenvalue weighted by molar-refractivity contribution is 0.492. The Morgan fingerprint density at radius 1 is 1.00 bits per heavy atom. The number of rotatable bonds is 3. The molecule has 2 heteroatoms. The van der Waals surface area contributed by atoms with E-state index < -0.39 is 0 Å². The first-order valence-electron chi connectivity index (χ1n) is 6.67. The van der Waals surface area contributed by atoms with Gasteiger partial charge in [-0.05, 0) is 36.6 Å². The number of likely N-dealkylation sites (N-methyl/N-ethyl adjacent to an activating group) is 1. The van der Waals surface area contributed by atoms with Gasteiger partial charge in [0, 0.05) is 12.0 Å². The minimum absolute atomic E-state index is 0. The fourth-order valence-corrected chi connectivity index (χ4v) is 3.10. The highest BCUT2D eigenvalue weighted by atomic mass is 35.5. The van der Waals surface area contributed by atoms with Crippen molar-refractivity contribution in [3.8, 4) is 0 Å². The molecule has 0 fully saturated rings. The second kappa shape index (κ2) is 6.23. The molecule has 2 aromatic rings. The monoisotopic (exact) mass is 273 g/mol. The zero-order valence-electron chi connectivity index (χ0n) is 11.2. The van der Waals surface area contributed by atoms with Gasteiger partial charge in [-0.2, -0.15) is 0 Å². The van der Waals surface area contributed by atoms with Crippen LogP contribution in [0.5, 0.6) is 0 Å². The molecule has 1 aliphatic carbocycles. The minimum atomic E-state index is 0. The van der Waals surface area contributed by atoms with Crippen molar-refractivity contribution in [1.82, 2.24) is 5.32 Å². The van der Waals surface area contributed by atoms with Crippen LogP contribution in [0.25, 0.3) is 0 Å². The summed E-state index contributed by atoms with van der Waals surface area (Å²) in [5, 5.41) is 3.48. The quantitative estimate of drug-likeness (QED) is 0.901. The van der Waals surface area contributed by atoms with Crippen molar-refractivity contribution in [2.75, 3.05) is 7.05 Å². The molecule has 100 valence electrons. The van der Waals surface area contributed by atoms with Crippen molar-refractivity contribution in [2.45, 2.75) is 24.8 Å². The Balaban J connectivity index is 0.00000133. The lowest BCUT2D eigenvalue weighted by Gasteiger charge is -2.20. The van der Waals surface area contributed by atoms with Crippen molar-refractivity contribution >= 4 is 12.4 Å². The van der Waals surface area contributed by atoms with E-state index in [1.54, 1.807) is 0 Å². The molecular weight excluding hydrogens is 254 g/mol. The van der Waals surface area contributed by atoms with Gasteiger partial charge in [-0.25, -0.2) is 0 Å². The Labute approximate surface area is 121 Å². The maximum absolute atomic E-state index is 3.48. The highest BCUT2D eigenvalue weighted by molar-refractivity contribution is 5.85. The van der Waals surface area contributed by atoms with E-state index in [2.05, 4.69) is 67.0 Å². The lowest BCUT2D eigenvalue weighted by atomic mass is 9.91. The normalized spacial score (nSPS) is 20.7. The first-order chi connectivity index (χ1) is 8.88. The van der Waals surface area contributed by atoms with E-state index in [0.29, 0.717) is 12.0 Å². The van der Waals surface area contributed by atoms with E-state index in [9.17, 15) is 0 Å². The molecular formula is C17H20ClN. The van der Waals surface area contributed by atoms with Crippen LogP contribution in [0.3, 0.4) is 0 Å². The lowest BCUT2D eigenvalue weighted by Crippen LogP contribution is -2.30. The molecule has 0 spiro atoms. The molecule has 1 N–H and O–H groups in total. The van der Waals surface area contributed by atoms with Gasteiger partial charge in [-0.3, -0.25) is 0 Å². The van der Waals surface area contributed by atoms with Gasteiger partial charge < -0.3 is 5.32 Å². The molecule has 0 saturated carbocycles. The Morgan fingerprint density at radius 3 is 2.42 bits per heavy atom. The molecule has 19 heavy (non-hydrogen) atoms. The van der Waals surface area contributed by atoms with Gasteiger partial charge in [-0.1, -0.05) is 54.6 Å². The molecule has 0 amide bonds. The van der Waals surface area contributed by atoms with Crippen molar-refractivity contribution in [1.29, 1.82) is 0 Å². The second-order valence-electron chi connectivity index (χ2n) is 5.09. The fourth-order valence-electron chi connectivity index (χ4n) is 3.10. The summed E-state index contributed by atoms with van der Waals surface area (Å²) in [5.74, 6) is 0.605. The van der Waals surface area contributed by atoms with Gasteiger partial charge in [0.25, 0.3) is 0 Å². The highest BCUT2D eigenvalue weighted by Gasteiger charge is 2.30. The summed E-state index contributed by atoms with van der Waals surface area (Å²) in [6, 6.07) is 20.2. The van der Waals surface area contributed by atoms with Gasteiger partial charge >= 0.3 is 0 Å². The van der Waals surface area contributed by atoms with Crippen LogP contribution in [0.15, 0.2) is 54.6 Å². The number of fused-ring (bicyclic) bond motifs is 1. The van der Waals surface area contributed by atoms with Crippen LogP contribution in [0, 0.1) is 0 Å². The molecule has 0 aromatic heterocycles. The topological polar surface area (TPSA) is 12.0 Å². The molecule has 0 unspecified atom stereocenters. The van der Waals surface area contributed by atoms with Crippen LogP contribution < -0.4 is 5.32 Å². The van der Waals surface area contributed by atoms with E-state index in [4.69, 9.17) is 0 Å². The third kappa shape index (κ3) is 2.83. The number of nitrogens with one attached hydrogen (secondary N) is 1. The highest BCUT2D eigenvalue weighted by Crippen LogP contribution is 2.35. The minimum Gasteiger partial charge on any atom is -0.316 e. The number of hydrogen-bond acceptors (Lipinski definition) is 1. The SMILES string of the molecule is CN[C@@H]1Cc2ccccc2[C@H]1Cc1ccccc1.Cl. The summed E-state index contributed by atoms with van der Waals surface area (Å²) in [5.41, 5.74) is 4.47. The van der Waals surface area contributed by atoms with Crippen LogP contribution in [0.2, 0.25) is 0 Å². The van der Waals surface area contributed by atoms with Gasteiger partial charge in [0.05, 0.1) is 0 Å². The van der Waals surface area contributed by atoms with Gasteiger partial charge in [0.2, 0.25) is 0 Å². The maximum Gasteiger partial charge on any atom is 0.0177 e. The predicted octanol–water partition coefficient (Wildman–Crippen LogP) is 3.58. The molecule has 0 saturated heterocycles. The number of hydrogen-bond donors (Lipinski definition) is 1. The van der Waals surface area contributed by atoms with E-state index in [1.807, 2.05) is 0 Å². The average molecular weight is 274 g/mol. The smallest absolute Gasteiger partial charge is 0.0177 e. The van der Waals surface area contributed by atoms with Crippen LogP contribution in [0.4, 0.5) is 0 Å².